The van der Waals surface area contributed by atoms with Crippen LogP contribution >= 0.6 is 0 Å². The van der Waals surface area contributed by atoms with E-state index in [1.807, 2.05) is 10.9 Å². The molecule has 1 heterocycles. The van der Waals surface area contributed by atoms with Crippen molar-refractivity contribution < 1.29 is 0 Å². The minimum atomic E-state index is 0.232. The molecule has 2 rings (SSSR count). The van der Waals surface area contributed by atoms with Crippen molar-refractivity contribution in [3.63, 3.8) is 0 Å². The van der Waals surface area contributed by atoms with Gasteiger partial charge in [0.1, 0.15) is 0 Å². The molecule has 1 aromatic heterocycles. The first-order valence-corrected chi connectivity index (χ1v) is 7.49. The van der Waals surface area contributed by atoms with Gasteiger partial charge in [-0.25, -0.2) is 0 Å². The molecule has 108 valence electrons. The van der Waals surface area contributed by atoms with Crippen LogP contribution in [0.5, 0.6) is 0 Å². The lowest BCUT2D eigenvalue weighted by Crippen LogP contribution is -2.23. The topological polar surface area (TPSA) is 29.9 Å². The van der Waals surface area contributed by atoms with Gasteiger partial charge < -0.3 is 5.32 Å². The molecular formula is C17H25N3. The molecule has 0 aliphatic carbocycles. The van der Waals surface area contributed by atoms with Crippen molar-refractivity contribution in [3.8, 4) is 0 Å². The van der Waals surface area contributed by atoms with Crippen LogP contribution in [0.4, 0.5) is 0 Å². The molecule has 1 unspecified atom stereocenters. The molecule has 0 radical (unpaired) electrons. The third-order valence-electron chi connectivity index (χ3n) is 3.87. The zero-order valence-electron chi connectivity index (χ0n) is 13.0. The third-order valence-corrected chi connectivity index (χ3v) is 3.87. The van der Waals surface area contributed by atoms with Crippen molar-refractivity contribution in [2.75, 3.05) is 6.54 Å². The summed E-state index contributed by atoms with van der Waals surface area (Å²) in [5.74, 6) is 0. The summed E-state index contributed by atoms with van der Waals surface area (Å²) >= 11 is 0. The molecule has 1 N–H and O–H groups in total. The highest BCUT2D eigenvalue weighted by Gasteiger charge is 2.17. The van der Waals surface area contributed by atoms with Gasteiger partial charge in [-0.15, -0.1) is 0 Å². The first-order chi connectivity index (χ1) is 9.67. The molecule has 0 aliphatic heterocycles. The van der Waals surface area contributed by atoms with Crippen LogP contribution in [-0.2, 0) is 6.54 Å². The predicted octanol–water partition coefficient (Wildman–Crippen LogP) is 3.61. The van der Waals surface area contributed by atoms with E-state index in [2.05, 4.69) is 62.5 Å². The van der Waals surface area contributed by atoms with Gasteiger partial charge in [-0.3, -0.25) is 4.68 Å². The number of benzene rings is 1. The van der Waals surface area contributed by atoms with E-state index in [1.54, 1.807) is 0 Å². The summed E-state index contributed by atoms with van der Waals surface area (Å²) in [6, 6.07) is 6.77. The van der Waals surface area contributed by atoms with E-state index in [4.69, 9.17) is 0 Å². The molecule has 2 aromatic rings. The summed E-state index contributed by atoms with van der Waals surface area (Å²) in [5, 5.41) is 8.07. The van der Waals surface area contributed by atoms with E-state index < -0.39 is 0 Å². The van der Waals surface area contributed by atoms with E-state index in [1.165, 1.54) is 22.3 Å². The van der Waals surface area contributed by atoms with Gasteiger partial charge in [0.2, 0.25) is 0 Å². The number of nitrogens with one attached hydrogen (secondary N) is 1. The first kappa shape index (κ1) is 14.8. The van der Waals surface area contributed by atoms with Gasteiger partial charge in [-0.1, -0.05) is 25.1 Å². The van der Waals surface area contributed by atoms with Gasteiger partial charge in [-0.2, -0.15) is 5.10 Å². The van der Waals surface area contributed by atoms with E-state index in [0.717, 1.165) is 19.5 Å². The fourth-order valence-corrected chi connectivity index (χ4v) is 2.48. The second-order valence-corrected chi connectivity index (χ2v) is 5.31. The second-order valence-electron chi connectivity index (χ2n) is 5.31. The van der Waals surface area contributed by atoms with Gasteiger partial charge in [0.15, 0.2) is 0 Å². The van der Waals surface area contributed by atoms with Crippen molar-refractivity contribution in [1.29, 1.82) is 0 Å². The Morgan fingerprint density at radius 1 is 1.25 bits per heavy atom. The number of rotatable bonds is 6. The van der Waals surface area contributed by atoms with Crippen molar-refractivity contribution in [2.45, 2.75) is 46.7 Å². The fourth-order valence-electron chi connectivity index (χ4n) is 2.48. The van der Waals surface area contributed by atoms with Crippen molar-refractivity contribution in [1.82, 2.24) is 15.1 Å². The Kier molecular flexibility index (Phi) is 4.96. The second kappa shape index (κ2) is 6.71. The molecular weight excluding hydrogens is 246 g/mol. The van der Waals surface area contributed by atoms with E-state index in [0.29, 0.717) is 0 Å². The number of aromatic nitrogens is 2. The summed E-state index contributed by atoms with van der Waals surface area (Å²) in [7, 11) is 0. The summed E-state index contributed by atoms with van der Waals surface area (Å²) in [6.45, 7) is 10.6. The standard InChI is InChI=1S/C17H25N3/c1-5-10-18-17(15-11-19-20(6-2)12-15)16-9-7-8-13(3)14(16)4/h7-9,11-12,17-18H,5-6,10H2,1-4H3. The number of hydrogen-bond donors (Lipinski definition) is 1. The zero-order chi connectivity index (χ0) is 14.5. The maximum Gasteiger partial charge on any atom is 0.0610 e. The minimum Gasteiger partial charge on any atom is -0.306 e. The Hall–Kier alpha value is -1.61. The summed E-state index contributed by atoms with van der Waals surface area (Å²) in [4.78, 5) is 0. The van der Waals surface area contributed by atoms with Gasteiger partial charge >= 0.3 is 0 Å². The molecule has 1 aromatic carbocycles. The molecule has 0 fully saturated rings. The van der Waals surface area contributed by atoms with Crippen LogP contribution in [0.2, 0.25) is 0 Å². The number of aryl methyl sites for hydroxylation is 2. The van der Waals surface area contributed by atoms with Crippen molar-refractivity contribution >= 4 is 0 Å². The van der Waals surface area contributed by atoms with Gasteiger partial charge in [0.25, 0.3) is 0 Å². The van der Waals surface area contributed by atoms with Gasteiger partial charge in [-0.05, 0) is 50.4 Å². The van der Waals surface area contributed by atoms with Gasteiger partial charge in [0.05, 0.1) is 12.2 Å². The largest absolute Gasteiger partial charge is 0.306 e. The molecule has 0 bridgehead atoms. The smallest absolute Gasteiger partial charge is 0.0610 e. The molecule has 0 aliphatic rings. The van der Waals surface area contributed by atoms with Crippen molar-refractivity contribution in [2.24, 2.45) is 0 Å². The SMILES string of the molecule is CCCNC(c1cnn(CC)c1)c1cccc(C)c1C. The number of hydrogen-bond acceptors (Lipinski definition) is 2. The van der Waals surface area contributed by atoms with Crippen LogP contribution in [0.1, 0.15) is 48.6 Å². The summed E-state index contributed by atoms with van der Waals surface area (Å²) in [6.07, 6.45) is 5.26. The highest BCUT2D eigenvalue weighted by molar-refractivity contribution is 5.39. The molecule has 0 amide bonds. The molecule has 3 nitrogen and oxygen atoms in total. The maximum absolute atomic E-state index is 4.42. The molecule has 20 heavy (non-hydrogen) atoms. The van der Waals surface area contributed by atoms with Crippen LogP contribution in [-0.4, -0.2) is 16.3 Å². The lowest BCUT2D eigenvalue weighted by molar-refractivity contribution is 0.593. The summed E-state index contributed by atoms with van der Waals surface area (Å²) < 4.78 is 1.99. The Labute approximate surface area is 122 Å². The van der Waals surface area contributed by atoms with Crippen LogP contribution in [0.25, 0.3) is 0 Å². The monoisotopic (exact) mass is 271 g/mol. The zero-order valence-corrected chi connectivity index (χ0v) is 13.0. The van der Waals surface area contributed by atoms with Crippen molar-refractivity contribution in [3.05, 3.63) is 52.8 Å². The number of nitrogens with zero attached hydrogens (tertiary/aromatic N) is 2. The molecule has 3 heteroatoms. The Morgan fingerprint density at radius 3 is 2.70 bits per heavy atom. The van der Waals surface area contributed by atoms with Gasteiger partial charge in [0, 0.05) is 18.3 Å². The average molecular weight is 271 g/mol. The van der Waals surface area contributed by atoms with E-state index >= 15 is 0 Å². The predicted molar refractivity (Wildman–Crippen MR) is 84.0 cm³/mol. The Balaban J connectivity index is 2.38. The van der Waals surface area contributed by atoms with E-state index in [-0.39, 0.29) is 6.04 Å². The molecule has 0 saturated heterocycles. The normalized spacial score (nSPS) is 12.6. The minimum absolute atomic E-state index is 0.232. The molecule has 0 saturated carbocycles. The fraction of sp³-hybridized carbons (Fsp3) is 0.471. The average Bonchev–Trinajstić information content (AvgIpc) is 2.92. The highest BCUT2D eigenvalue weighted by Crippen LogP contribution is 2.26. The maximum atomic E-state index is 4.42. The Bertz CT molecular complexity index is 557. The lowest BCUT2D eigenvalue weighted by Gasteiger charge is -2.21. The lowest BCUT2D eigenvalue weighted by atomic mass is 9.94. The Morgan fingerprint density at radius 2 is 2.05 bits per heavy atom. The molecule has 0 spiro atoms. The first-order valence-electron chi connectivity index (χ1n) is 7.49. The third kappa shape index (κ3) is 3.10. The van der Waals surface area contributed by atoms with Crippen LogP contribution in [0.15, 0.2) is 30.6 Å². The molecule has 1 atom stereocenters. The van der Waals surface area contributed by atoms with Crippen LogP contribution in [0, 0.1) is 13.8 Å². The van der Waals surface area contributed by atoms with E-state index in [9.17, 15) is 0 Å². The quantitative estimate of drug-likeness (QED) is 0.870. The van der Waals surface area contributed by atoms with Crippen LogP contribution in [0.3, 0.4) is 0 Å². The highest BCUT2D eigenvalue weighted by atomic mass is 15.3. The van der Waals surface area contributed by atoms with Crippen LogP contribution < -0.4 is 5.32 Å². The summed E-state index contributed by atoms with van der Waals surface area (Å²) in [5.41, 5.74) is 5.31.